The fourth-order valence-corrected chi connectivity index (χ4v) is 5.41. The van der Waals surface area contributed by atoms with Gasteiger partial charge in [0.25, 0.3) is 0 Å². The number of carbonyl (C=O) groups is 1. The van der Waals surface area contributed by atoms with Gasteiger partial charge in [-0.25, -0.2) is 4.79 Å². The summed E-state index contributed by atoms with van der Waals surface area (Å²) in [6.45, 7) is 5.67. The van der Waals surface area contributed by atoms with Gasteiger partial charge in [-0.15, -0.1) is 0 Å². The van der Waals surface area contributed by atoms with E-state index in [1.54, 1.807) is 0 Å². The number of aromatic carboxylic acids is 1. The van der Waals surface area contributed by atoms with Crippen molar-refractivity contribution in [2.45, 2.75) is 44.6 Å². The number of para-hydroxylation sites is 1. The van der Waals surface area contributed by atoms with Crippen LogP contribution in [0.15, 0.2) is 84.9 Å². The zero-order valence-corrected chi connectivity index (χ0v) is 20.9. The lowest BCUT2D eigenvalue weighted by atomic mass is 9.82. The zero-order chi connectivity index (χ0) is 25.1. The first-order chi connectivity index (χ1) is 17.5. The molecule has 0 fully saturated rings. The van der Waals surface area contributed by atoms with E-state index in [1.807, 2.05) is 44.2 Å². The van der Waals surface area contributed by atoms with Gasteiger partial charge < -0.3 is 15.2 Å². The van der Waals surface area contributed by atoms with Gasteiger partial charge in [0.15, 0.2) is 0 Å². The number of hydrogen-bond donors (Lipinski definition) is 2. The summed E-state index contributed by atoms with van der Waals surface area (Å²) in [6, 6.07) is 29.1. The van der Waals surface area contributed by atoms with E-state index < -0.39 is 5.97 Å². The molecular weight excluding hydrogens is 446 g/mol. The van der Waals surface area contributed by atoms with Gasteiger partial charge in [-0.2, -0.15) is 0 Å². The largest absolute Gasteiger partial charge is 0.489 e. The van der Waals surface area contributed by atoms with Gasteiger partial charge >= 0.3 is 5.97 Å². The molecule has 1 heterocycles. The summed E-state index contributed by atoms with van der Waals surface area (Å²) in [6.07, 6.45) is 1.76. The molecule has 0 saturated carbocycles. The Bertz CT molecular complexity index is 1370. The van der Waals surface area contributed by atoms with Crippen molar-refractivity contribution in [3.63, 3.8) is 0 Å². The lowest BCUT2D eigenvalue weighted by Gasteiger charge is -2.33. The first kappa shape index (κ1) is 24.1. The van der Waals surface area contributed by atoms with Crippen LogP contribution >= 0.6 is 0 Å². The number of rotatable bonds is 8. The minimum absolute atomic E-state index is 0.00970. The topological polar surface area (TPSA) is 58.6 Å². The third-order valence-electron chi connectivity index (χ3n) is 7.24. The summed E-state index contributed by atoms with van der Waals surface area (Å²) < 4.78 is 6.37. The van der Waals surface area contributed by atoms with Crippen LogP contribution in [-0.2, 0) is 6.42 Å². The molecule has 0 aliphatic carbocycles. The normalized spacial score (nSPS) is 17.1. The van der Waals surface area contributed by atoms with E-state index in [0.29, 0.717) is 5.56 Å². The van der Waals surface area contributed by atoms with Crippen LogP contribution < -0.4 is 10.1 Å². The maximum absolute atomic E-state index is 12.0. The van der Waals surface area contributed by atoms with Crippen LogP contribution in [0.2, 0.25) is 0 Å². The summed E-state index contributed by atoms with van der Waals surface area (Å²) in [5.41, 5.74) is 4.78. The summed E-state index contributed by atoms with van der Waals surface area (Å²) >= 11 is 0. The van der Waals surface area contributed by atoms with Crippen molar-refractivity contribution in [3.05, 3.63) is 113 Å². The highest BCUT2D eigenvalue weighted by Crippen LogP contribution is 2.41. The molecule has 2 N–H and O–H groups in total. The molecule has 4 aromatic rings. The Morgan fingerprint density at radius 2 is 1.78 bits per heavy atom. The highest BCUT2D eigenvalue weighted by molar-refractivity contribution is 5.90. The lowest BCUT2D eigenvalue weighted by Crippen LogP contribution is -2.36. The molecule has 1 aliphatic rings. The van der Waals surface area contributed by atoms with Crippen molar-refractivity contribution >= 4 is 16.7 Å². The molecule has 4 heteroatoms. The highest BCUT2D eigenvalue weighted by Gasteiger charge is 2.30. The van der Waals surface area contributed by atoms with E-state index in [1.165, 1.54) is 16.3 Å². The Hall–Kier alpha value is -3.63. The number of hydrogen-bond acceptors (Lipinski definition) is 3. The molecule has 184 valence electrons. The molecule has 2 unspecified atom stereocenters. The molecule has 1 aliphatic heterocycles. The van der Waals surface area contributed by atoms with Gasteiger partial charge in [-0.1, -0.05) is 86.6 Å². The van der Waals surface area contributed by atoms with Crippen LogP contribution in [-0.4, -0.2) is 30.3 Å². The van der Waals surface area contributed by atoms with E-state index in [2.05, 4.69) is 59.9 Å². The van der Waals surface area contributed by atoms with Crippen molar-refractivity contribution in [1.82, 2.24) is 5.32 Å². The second-order valence-electron chi connectivity index (χ2n) is 9.96. The van der Waals surface area contributed by atoms with Crippen LogP contribution in [0.3, 0.4) is 0 Å². The molecule has 0 bridgehead atoms. The molecular formula is C32H33NO3. The monoisotopic (exact) mass is 479 g/mol. The van der Waals surface area contributed by atoms with Crippen LogP contribution in [0.25, 0.3) is 10.8 Å². The summed E-state index contributed by atoms with van der Waals surface area (Å²) in [4.78, 5) is 12.0. The Morgan fingerprint density at radius 3 is 2.61 bits per heavy atom. The van der Waals surface area contributed by atoms with E-state index in [-0.39, 0.29) is 17.9 Å². The van der Waals surface area contributed by atoms with Crippen LogP contribution in [0, 0.1) is 0 Å². The third kappa shape index (κ3) is 5.00. The predicted molar refractivity (Wildman–Crippen MR) is 145 cm³/mol. The standard InChI is InChI=1S/C32H33NO3/c1-21(2)26-15-14-24(18-30(26)32(34)35)29-19-25(36-31-13-6-5-12-28(29)31)20-33-17-16-23-10-7-9-22-8-3-4-11-27(22)23/h3-15,18,21,25,29,33H,16-17,19-20H2,1-2H3,(H,34,35). The quantitative estimate of drug-likeness (QED) is 0.274. The third-order valence-corrected chi connectivity index (χ3v) is 7.24. The Morgan fingerprint density at radius 1 is 1.00 bits per heavy atom. The molecule has 0 saturated heterocycles. The summed E-state index contributed by atoms with van der Waals surface area (Å²) in [7, 11) is 0. The van der Waals surface area contributed by atoms with E-state index in [4.69, 9.17) is 4.74 Å². The molecule has 4 nitrogen and oxygen atoms in total. The van der Waals surface area contributed by atoms with E-state index in [0.717, 1.165) is 48.4 Å². The number of ether oxygens (including phenoxy) is 1. The Labute approximate surface area is 212 Å². The predicted octanol–water partition coefficient (Wildman–Crippen LogP) is 6.78. The highest BCUT2D eigenvalue weighted by atomic mass is 16.5. The number of nitrogens with one attached hydrogen (secondary N) is 1. The second-order valence-corrected chi connectivity index (χ2v) is 9.96. The molecule has 0 radical (unpaired) electrons. The fourth-order valence-electron chi connectivity index (χ4n) is 5.41. The van der Waals surface area contributed by atoms with Gasteiger partial charge in [-0.05, 0) is 64.9 Å². The van der Waals surface area contributed by atoms with E-state index in [9.17, 15) is 9.90 Å². The van der Waals surface area contributed by atoms with Gasteiger partial charge in [0, 0.05) is 18.0 Å². The fraction of sp³-hybridized carbons (Fsp3) is 0.281. The maximum Gasteiger partial charge on any atom is 0.335 e. The molecule has 0 aromatic heterocycles. The molecule has 0 amide bonds. The Balaban J connectivity index is 1.31. The minimum atomic E-state index is -0.868. The number of carboxylic acid groups (broad SMARTS) is 1. The molecule has 2 atom stereocenters. The maximum atomic E-state index is 12.0. The number of fused-ring (bicyclic) bond motifs is 2. The second kappa shape index (κ2) is 10.5. The van der Waals surface area contributed by atoms with Crippen molar-refractivity contribution in [2.75, 3.05) is 13.1 Å². The first-order valence-corrected chi connectivity index (χ1v) is 12.8. The molecule has 5 rings (SSSR count). The van der Waals surface area contributed by atoms with Crippen molar-refractivity contribution in [1.29, 1.82) is 0 Å². The first-order valence-electron chi connectivity index (χ1n) is 12.8. The summed E-state index contributed by atoms with van der Waals surface area (Å²) in [5.74, 6) is 0.275. The van der Waals surface area contributed by atoms with Gasteiger partial charge in [0.2, 0.25) is 0 Å². The van der Waals surface area contributed by atoms with Crippen LogP contribution in [0.4, 0.5) is 0 Å². The lowest BCUT2D eigenvalue weighted by molar-refractivity contribution is 0.0695. The van der Waals surface area contributed by atoms with Crippen molar-refractivity contribution in [2.24, 2.45) is 0 Å². The molecule has 0 spiro atoms. The van der Waals surface area contributed by atoms with Gasteiger partial charge in [0.05, 0.1) is 5.56 Å². The summed E-state index contributed by atoms with van der Waals surface area (Å²) in [5, 5.41) is 16.0. The Kier molecular flexibility index (Phi) is 7.06. The number of benzene rings is 4. The van der Waals surface area contributed by atoms with Crippen molar-refractivity contribution in [3.8, 4) is 5.75 Å². The van der Waals surface area contributed by atoms with Crippen molar-refractivity contribution < 1.29 is 14.6 Å². The van der Waals surface area contributed by atoms with Crippen LogP contribution in [0.1, 0.15) is 64.7 Å². The smallest absolute Gasteiger partial charge is 0.335 e. The SMILES string of the molecule is CC(C)c1ccc(C2CC(CNCCc3cccc4ccccc34)Oc3ccccc32)cc1C(=O)O. The van der Waals surface area contributed by atoms with Gasteiger partial charge in [-0.3, -0.25) is 0 Å². The average molecular weight is 480 g/mol. The molecule has 36 heavy (non-hydrogen) atoms. The van der Waals surface area contributed by atoms with Crippen LogP contribution in [0.5, 0.6) is 5.75 Å². The molecule has 4 aromatic carbocycles. The number of carboxylic acids is 1. The van der Waals surface area contributed by atoms with E-state index >= 15 is 0 Å². The zero-order valence-electron chi connectivity index (χ0n) is 20.9. The average Bonchev–Trinajstić information content (AvgIpc) is 2.90. The van der Waals surface area contributed by atoms with Gasteiger partial charge in [0.1, 0.15) is 11.9 Å². The minimum Gasteiger partial charge on any atom is -0.489 e.